The van der Waals surface area contributed by atoms with Crippen LogP contribution in [0.4, 0.5) is 21.0 Å². The van der Waals surface area contributed by atoms with Crippen LogP contribution in [-0.2, 0) is 9.53 Å². The molecule has 4 amide bonds. The number of rotatable bonds is 19. The molecule has 0 atom stereocenters. The molecule has 1 saturated heterocycles. The number of hydrogen-bond acceptors (Lipinski definition) is 7. The van der Waals surface area contributed by atoms with Gasteiger partial charge in [-0.2, -0.15) is 0 Å². The predicted molar refractivity (Wildman–Crippen MR) is 228 cm³/mol. The van der Waals surface area contributed by atoms with Gasteiger partial charge in [0.25, 0.3) is 5.91 Å². The SMILES string of the molecule is CN(CCN1CCC(c2cccc(-c3ccccc3)c2NC(=O)O)CC1)C(=O)CCCCCCNc1ccc(C(=O)N(C)CCCN(C)C(=O)OC(C)(C)C)cc1. The molecular weight excluding hydrogens is 721 g/mol. The highest BCUT2D eigenvalue weighted by molar-refractivity contribution is 5.94. The number of ether oxygens (including phenoxy) is 1. The molecule has 0 spiro atoms. The molecule has 3 aromatic carbocycles. The fourth-order valence-corrected chi connectivity index (χ4v) is 7.11. The van der Waals surface area contributed by atoms with E-state index in [0.717, 1.165) is 87.1 Å². The predicted octanol–water partition coefficient (Wildman–Crippen LogP) is 8.47. The Balaban J connectivity index is 1.07. The summed E-state index contributed by atoms with van der Waals surface area (Å²) in [5, 5.41) is 15.7. The summed E-state index contributed by atoms with van der Waals surface area (Å²) >= 11 is 0. The van der Waals surface area contributed by atoms with Crippen LogP contribution in [0.2, 0.25) is 0 Å². The van der Waals surface area contributed by atoms with Crippen molar-refractivity contribution < 1.29 is 29.0 Å². The van der Waals surface area contributed by atoms with Crippen molar-refractivity contribution in [2.45, 2.75) is 83.7 Å². The van der Waals surface area contributed by atoms with Crippen LogP contribution >= 0.6 is 0 Å². The second kappa shape index (κ2) is 22.0. The summed E-state index contributed by atoms with van der Waals surface area (Å²) in [5.41, 5.74) is 4.65. The molecule has 0 bridgehead atoms. The van der Waals surface area contributed by atoms with E-state index in [1.54, 1.807) is 19.0 Å². The summed E-state index contributed by atoms with van der Waals surface area (Å²) in [6.07, 6.45) is 5.51. The Morgan fingerprint density at radius 3 is 2.11 bits per heavy atom. The Labute approximate surface area is 339 Å². The van der Waals surface area contributed by atoms with Crippen LogP contribution < -0.4 is 10.6 Å². The highest BCUT2D eigenvalue weighted by Gasteiger charge is 2.25. The van der Waals surface area contributed by atoms with Gasteiger partial charge in [-0.25, -0.2) is 9.59 Å². The maximum Gasteiger partial charge on any atom is 0.410 e. The van der Waals surface area contributed by atoms with Gasteiger partial charge in [0, 0.05) is 77.1 Å². The Bertz CT molecular complexity index is 1740. The van der Waals surface area contributed by atoms with Gasteiger partial charge in [0.15, 0.2) is 0 Å². The van der Waals surface area contributed by atoms with Gasteiger partial charge < -0.3 is 34.8 Å². The van der Waals surface area contributed by atoms with E-state index in [1.165, 1.54) is 4.90 Å². The first-order valence-electron chi connectivity index (χ1n) is 20.4. The second-order valence-electron chi connectivity index (χ2n) is 16.1. The third-order valence-electron chi connectivity index (χ3n) is 10.4. The number of anilines is 2. The molecule has 12 heteroatoms. The lowest BCUT2D eigenvalue weighted by atomic mass is 9.86. The Kier molecular flexibility index (Phi) is 17.2. The number of carbonyl (C=O) groups excluding carboxylic acids is 3. The van der Waals surface area contributed by atoms with Crippen molar-refractivity contribution in [1.82, 2.24) is 19.6 Å². The van der Waals surface area contributed by atoms with Gasteiger partial charge in [-0.15, -0.1) is 0 Å². The fraction of sp³-hybridized carbons (Fsp3) is 0.511. The summed E-state index contributed by atoms with van der Waals surface area (Å²) in [5.74, 6) is 0.378. The number of unbranched alkanes of at least 4 members (excludes halogenated alkanes) is 3. The molecule has 1 fully saturated rings. The van der Waals surface area contributed by atoms with E-state index >= 15 is 0 Å². The van der Waals surface area contributed by atoms with Crippen LogP contribution in [-0.4, -0.2) is 121 Å². The Morgan fingerprint density at radius 1 is 0.772 bits per heavy atom. The molecule has 0 unspecified atom stereocenters. The van der Waals surface area contributed by atoms with Crippen molar-refractivity contribution in [2.24, 2.45) is 0 Å². The van der Waals surface area contributed by atoms with Crippen molar-refractivity contribution in [1.29, 1.82) is 0 Å². The van der Waals surface area contributed by atoms with E-state index in [1.807, 2.05) is 106 Å². The second-order valence-corrected chi connectivity index (χ2v) is 16.1. The van der Waals surface area contributed by atoms with Gasteiger partial charge in [0.1, 0.15) is 5.60 Å². The average molecular weight is 785 g/mol. The van der Waals surface area contributed by atoms with Gasteiger partial charge in [-0.3, -0.25) is 14.9 Å². The van der Waals surface area contributed by atoms with Gasteiger partial charge in [-0.05, 0) is 107 Å². The number of amides is 4. The number of carbonyl (C=O) groups is 4. The van der Waals surface area contributed by atoms with E-state index in [0.29, 0.717) is 43.7 Å². The molecule has 0 aliphatic carbocycles. The lowest BCUT2D eigenvalue weighted by Crippen LogP contribution is -2.40. The lowest BCUT2D eigenvalue weighted by Gasteiger charge is -2.34. The zero-order chi connectivity index (χ0) is 41.4. The summed E-state index contributed by atoms with van der Waals surface area (Å²) in [7, 11) is 5.36. The average Bonchev–Trinajstić information content (AvgIpc) is 3.19. The topological polar surface area (TPSA) is 135 Å². The van der Waals surface area contributed by atoms with Gasteiger partial charge in [0.05, 0.1) is 5.69 Å². The van der Waals surface area contributed by atoms with Crippen LogP contribution in [0, 0.1) is 0 Å². The molecule has 57 heavy (non-hydrogen) atoms. The molecule has 1 aliphatic rings. The minimum atomic E-state index is -1.06. The number of benzene rings is 3. The van der Waals surface area contributed by atoms with Crippen LogP contribution in [0.15, 0.2) is 72.8 Å². The normalized spacial score (nSPS) is 13.4. The summed E-state index contributed by atoms with van der Waals surface area (Å²) in [6, 6.07) is 23.4. The molecule has 0 radical (unpaired) electrons. The zero-order valence-electron chi connectivity index (χ0n) is 34.9. The molecule has 0 aromatic heterocycles. The largest absolute Gasteiger partial charge is 0.465 e. The number of piperidine rings is 1. The first kappa shape index (κ1) is 44.6. The minimum absolute atomic E-state index is 0.0598. The number of nitrogens with zero attached hydrogens (tertiary/aromatic N) is 4. The maximum atomic E-state index is 12.9. The molecule has 1 heterocycles. The number of para-hydroxylation sites is 1. The van der Waals surface area contributed by atoms with Gasteiger partial charge in [0.2, 0.25) is 5.91 Å². The molecule has 3 N–H and O–H groups in total. The van der Waals surface area contributed by atoms with E-state index < -0.39 is 11.7 Å². The number of likely N-dealkylation sites (tertiary alicyclic amines) is 1. The summed E-state index contributed by atoms with van der Waals surface area (Å²) in [6.45, 7) is 10.7. The third kappa shape index (κ3) is 14.7. The summed E-state index contributed by atoms with van der Waals surface area (Å²) < 4.78 is 5.38. The molecule has 310 valence electrons. The van der Waals surface area contributed by atoms with Crippen molar-refractivity contribution in [3.8, 4) is 11.1 Å². The van der Waals surface area contributed by atoms with Crippen LogP contribution in [0.1, 0.15) is 94.0 Å². The quantitative estimate of drug-likeness (QED) is 0.103. The smallest absolute Gasteiger partial charge is 0.410 e. The fourth-order valence-electron chi connectivity index (χ4n) is 7.11. The van der Waals surface area contributed by atoms with Gasteiger partial charge in [-0.1, -0.05) is 61.4 Å². The van der Waals surface area contributed by atoms with Crippen LogP contribution in [0.3, 0.4) is 0 Å². The van der Waals surface area contributed by atoms with E-state index in [-0.39, 0.29) is 23.8 Å². The molecule has 12 nitrogen and oxygen atoms in total. The van der Waals surface area contributed by atoms with Crippen molar-refractivity contribution in [2.75, 3.05) is 77.6 Å². The lowest BCUT2D eigenvalue weighted by molar-refractivity contribution is -0.130. The monoisotopic (exact) mass is 784 g/mol. The molecule has 0 saturated carbocycles. The number of carboxylic acid groups (broad SMARTS) is 1. The van der Waals surface area contributed by atoms with Gasteiger partial charge >= 0.3 is 12.2 Å². The van der Waals surface area contributed by atoms with E-state index in [4.69, 9.17) is 4.74 Å². The van der Waals surface area contributed by atoms with Crippen LogP contribution in [0.5, 0.6) is 0 Å². The highest BCUT2D eigenvalue weighted by atomic mass is 16.6. The summed E-state index contributed by atoms with van der Waals surface area (Å²) in [4.78, 5) is 57.1. The maximum absolute atomic E-state index is 12.9. The Morgan fingerprint density at radius 2 is 1.44 bits per heavy atom. The van der Waals surface area contributed by atoms with Crippen molar-refractivity contribution >= 4 is 35.4 Å². The first-order valence-corrected chi connectivity index (χ1v) is 20.4. The number of hydrogen-bond donors (Lipinski definition) is 3. The standard InChI is InChI=1S/C45H64N6O6/c1-45(2,3)57-44(56)50(6)29-15-28-49(5)42(53)36-21-23-37(24-22-36)46-27-13-8-7-12-20-40(52)48(4)32-33-51-30-25-35(26-31-51)39-19-14-18-38(41(39)47-43(54)55)34-16-10-9-11-17-34/h9-11,14,16-19,21-24,35,46-47H,7-8,12-13,15,20,25-33H2,1-6H3,(H,54,55). The molecule has 3 aromatic rings. The van der Waals surface area contributed by atoms with Crippen molar-refractivity contribution in [3.05, 3.63) is 83.9 Å². The molecule has 4 rings (SSSR count). The van der Waals surface area contributed by atoms with E-state index in [9.17, 15) is 24.3 Å². The highest BCUT2D eigenvalue weighted by Crippen LogP contribution is 2.39. The van der Waals surface area contributed by atoms with Crippen LogP contribution in [0.25, 0.3) is 11.1 Å². The van der Waals surface area contributed by atoms with E-state index in [2.05, 4.69) is 15.5 Å². The van der Waals surface area contributed by atoms with Crippen molar-refractivity contribution in [3.63, 3.8) is 0 Å². The molecule has 1 aliphatic heterocycles. The number of likely N-dealkylation sites (N-methyl/N-ethyl adjacent to an activating group) is 1. The first-order chi connectivity index (χ1) is 27.2. The molecular formula is C45H64N6O6. The minimum Gasteiger partial charge on any atom is -0.465 e. The Hall–Kier alpha value is -5.10. The zero-order valence-corrected chi connectivity index (χ0v) is 34.9. The number of nitrogens with one attached hydrogen (secondary N) is 2. The third-order valence-corrected chi connectivity index (χ3v) is 10.4.